The molecule has 32 heavy (non-hydrogen) atoms. The standard InChI is InChI=1S/C26H18N4OS/c31-24(27-19-14-13-17-7-1-2-8-18(17)15-19)16-32-26-29-21-10-4-3-9-20(21)25-28-22-11-5-6-12-23(22)30(25)26/h1-15H,16H2,(H,27,31). The number of anilines is 1. The number of carbonyl (C=O) groups excluding carboxylic acids is 1. The van der Waals surface area contributed by atoms with E-state index in [0.717, 1.165) is 49.2 Å². The first-order valence-corrected chi connectivity index (χ1v) is 11.3. The van der Waals surface area contributed by atoms with Gasteiger partial charge in [-0.3, -0.25) is 9.20 Å². The fraction of sp³-hybridized carbons (Fsp3) is 0.0385. The van der Waals surface area contributed by atoms with Gasteiger partial charge >= 0.3 is 0 Å². The molecule has 154 valence electrons. The number of rotatable bonds is 4. The molecule has 6 rings (SSSR count). The Kier molecular flexibility index (Phi) is 4.51. The molecule has 5 nitrogen and oxygen atoms in total. The minimum Gasteiger partial charge on any atom is -0.325 e. The number of benzene rings is 4. The van der Waals surface area contributed by atoms with Crippen LogP contribution in [0.2, 0.25) is 0 Å². The Morgan fingerprint density at radius 2 is 1.56 bits per heavy atom. The first kappa shape index (κ1) is 18.8. The van der Waals surface area contributed by atoms with E-state index in [0.29, 0.717) is 0 Å². The zero-order valence-electron chi connectivity index (χ0n) is 17.0. The normalized spacial score (nSPS) is 11.5. The number of carbonyl (C=O) groups is 1. The molecule has 0 aliphatic heterocycles. The van der Waals surface area contributed by atoms with Crippen molar-refractivity contribution in [1.29, 1.82) is 0 Å². The summed E-state index contributed by atoms with van der Waals surface area (Å²) in [7, 11) is 0. The highest BCUT2D eigenvalue weighted by Gasteiger charge is 2.15. The van der Waals surface area contributed by atoms with Crippen molar-refractivity contribution >= 4 is 61.7 Å². The number of nitrogens with one attached hydrogen (secondary N) is 1. The first-order valence-electron chi connectivity index (χ1n) is 10.3. The van der Waals surface area contributed by atoms with E-state index < -0.39 is 0 Å². The lowest BCUT2D eigenvalue weighted by atomic mass is 10.1. The van der Waals surface area contributed by atoms with Gasteiger partial charge in [0.25, 0.3) is 0 Å². The van der Waals surface area contributed by atoms with Crippen LogP contribution in [-0.4, -0.2) is 26.0 Å². The summed E-state index contributed by atoms with van der Waals surface area (Å²) < 4.78 is 2.05. The van der Waals surface area contributed by atoms with Gasteiger partial charge in [-0.15, -0.1) is 0 Å². The van der Waals surface area contributed by atoms with Crippen molar-refractivity contribution in [1.82, 2.24) is 14.4 Å². The molecule has 1 amide bonds. The number of imidazole rings is 1. The summed E-state index contributed by atoms with van der Waals surface area (Å²) in [5.41, 5.74) is 4.41. The van der Waals surface area contributed by atoms with Crippen molar-refractivity contribution in [2.24, 2.45) is 0 Å². The highest BCUT2D eigenvalue weighted by atomic mass is 32.2. The highest BCUT2D eigenvalue weighted by molar-refractivity contribution is 7.99. The Balaban J connectivity index is 1.33. The highest BCUT2D eigenvalue weighted by Crippen LogP contribution is 2.29. The van der Waals surface area contributed by atoms with Crippen LogP contribution >= 0.6 is 11.8 Å². The second-order valence-corrected chi connectivity index (χ2v) is 8.51. The molecular weight excluding hydrogens is 416 g/mol. The van der Waals surface area contributed by atoms with E-state index in [-0.39, 0.29) is 11.7 Å². The van der Waals surface area contributed by atoms with E-state index in [2.05, 4.69) is 11.4 Å². The Labute approximate surface area is 188 Å². The van der Waals surface area contributed by atoms with E-state index in [1.165, 1.54) is 11.8 Å². The number of fused-ring (bicyclic) bond motifs is 6. The van der Waals surface area contributed by atoms with Gasteiger partial charge in [0, 0.05) is 11.1 Å². The number of hydrogen-bond donors (Lipinski definition) is 1. The van der Waals surface area contributed by atoms with Crippen LogP contribution in [0.15, 0.2) is 96.2 Å². The Morgan fingerprint density at radius 1 is 0.812 bits per heavy atom. The Hall–Kier alpha value is -3.90. The maximum Gasteiger partial charge on any atom is 0.234 e. The van der Waals surface area contributed by atoms with E-state index >= 15 is 0 Å². The van der Waals surface area contributed by atoms with Gasteiger partial charge in [-0.25, -0.2) is 9.97 Å². The van der Waals surface area contributed by atoms with Gasteiger partial charge in [0.1, 0.15) is 5.65 Å². The van der Waals surface area contributed by atoms with Crippen LogP contribution in [0.1, 0.15) is 0 Å². The Bertz CT molecular complexity index is 1640. The summed E-state index contributed by atoms with van der Waals surface area (Å²) in [6.45, 7) is 0. The maximum absolute atomic E-state index is 12.7. The summed E-state index contributed by atoms with van der Waals surface area (Å²) in [6, 6.07) is 30.0. The van der Waals surface area contributed by atoms with Gasteiger partial charge in [-0.1, -0.05) is 66.4 Å². The molecule has 6 aromatic rings. The molecule has 0 aliphatic rings. The lowest BCUT2D eigenvalue weighted by molar-refractivity contribution is -0.113. The van der Waals surface area contributed by atoms with Crippen LogP contribution in [0, 0.1) is 0 Å². The molecule has 0 atom stereocenters. The summed E-state index contributed by atoms with van der Waals surface area (Å²) in [5, 5.41) is 7.00. The van der Waals surface area contributed by atoms with Gasteiger partial charge in [0.15, 0.2) is 5.16 Å². The van der Waals surface area contributed by atoms with Crippen molar-refractivity contribution in [3.63, 3.8) is 0 Å². The van der Waals surface area contributed by atoms with Gasteiger partial charge in [-0.2, -0.15) is 0 Å². The van der Waals surface area contributed by atoms with Crippen LogP contribution in [0.3, 0.4) is 0 Å². The Morgan fingerprint density at radius 3 is 2.47 bits per heavy atom. The lowest BCUT2D eigenvalue weighted by Crippen LogP contribution is -2.14. The molecule has 6 heteroatoms. The summed E-state index contributed by atoms with van der Waals surface area (Å²) in [5.74, 6) is 0.178. The predicted octanol–water partition coefficient (Wildman–Crippen LogP) is 5.92. The molecule has 2 aromatic heterocycles. The molecule has 0 aliphatic carbocycles. The second kappa shape index (κ2) is 7.66. The first-order chi connectivity index (χ1) is 15.8. The van der Waals surface area contributed by atoms with E-state index in [9.17, 15) is 4.79 Å². The average molecular weight is 435 g/mol. The van der Waals surface area contributed by atoms with E-state index in [4.69, 9.17) is 9.97 Å². The van der Waals surface area contributed by atoms with Crippen molar-refractivity contribution in [2.45, 2.75) is 5.16 Å². The number of aromatic nitrogens is 3. The van der Waals surface area contributed by atoms with Crippen LogP contribution in [0.5, 0.6) is 0 Å². The quantitative estimate of drug-likeness (QED) is 0.276. The topological polar surface area (TPSA) is 59.3 Å². The van der Waals surface area contributed by atoms with Gasteiger partial charge in [-0.05, 0) is 47.2 Å². The number of thioether (sulfide) groups is 1. The predicted molar refractivity (Wildman–Crippen MR) is 131 cm³/mol. The maximum atomic E-state index is 12.7. The monoisotopic (exact) mass is 434 g/mol. The van der Waals surface area contributed by atoms with Crippen LogP contribution in [-0.2, 0) is 4.79 Å². The minimum atomic E-state index is -0.0715. The van der Waals surface area contributed by atoms with E-state index in [1.807, 2.05) is 89.3 Å². The molecule has 0 unspecified atom stereocenters. The second-order valence-electron chi connectivity index (χ2n) is 7.57. The zero-order chi connectivity index (χ0) is 21.5. The third-order valence-corrected chi connectivity index (χ3v) is 6.42. The third kappa shape index (κ3) is 3.25. The minimum absolute atomic E-state index is 0.0715. The largest absolute Gasteiger partial charge is 0.325 e. The number of nitrogens with zero attached hydrogens (tertiary/aromatic N) is 3. The average Bonchev–Trinajstić information content (AvgIpc) is 3.23. The third-order valence-electron chi connectivity index (χ3n) is 5.48. The zero-order valence-corrected chi connectivity index (χ0v) is 17.8. The number of para-hydroxylation sites is 3. The van der Waals surface area contributed by atoms with Gasteiger partial charge in [0.2, 0.25) is 5.91 Å². The number of amides is 1. The van der Waals surface area contributed by atoms with Crippen molar-refractivity contribution in [3.8, 4) is 0 Å². The molecular formula is C26H18N4OS. The summed E-state index contributed by atoms with van der Waals surface area (Å²) >= 11 is 1.42. The molecule has 0 fully saturated rings. The van der Waals surface area contributed by atoms with Crippen molar-refractivity contribution < 1.29 is 4.79 Å². The van der Waals surface area contributed by atoms with Gasteiger partial charge < -0.3 is 5.32 Å². The van der Waals surface area contributed by atoms with Crippen LogP contribution in [0.4, 0.5) is 5.69 Å². The molecule has 4 aromatic carbocycles. The van der Waals surface area contributed by atoms with Crippen LogP contribution < -0.4 is 5.32 Å². The number of hydrogen-bond acceptors (Lipinski definition) is 4. The molecule has 0 saturated heterocycles. The summed E-state index contributed by atoms with van der Waals surface area (Å²) in [4.78, 5) is 22.4. The molecule has 0 bridgehead atoms. The van der Waals surface area contributed by atoms with Crippen molar-refractivity contribution in [2.75, 3.05) is 11.1 Å². The molecule has 2 heterocycles. The summed E-state index contributed by atoms with van der Waals surface area (Å²) in [6.07, 6.45) is 0. The SMILES string of the molecule is O=C(CSc1nc2ccccc2c2nc3ccccc3n12)Nc1ccc2ccccc2c1. The fourth-order valence-corrected chi connectivity index (χ4v) is 4.81. The molecule has 0 radical (unpaired) electrons. The van der Waals surface area contributed by atoms with Crippen LogP contribution in [0.25, 0.3) is 38.4 Å². The lowest BCUT2D eigenvalue weighted by Gasteiger charge is -2.09. The van der Waals surface area contributed by atoms with E-state index in [1.54, 1.807) is 0 Å². The van der Waals surface area contributed by atoms with Gasteiger partial charge in [0.05, 0.1) is 22.3 Å². The molecule has 0 saturated carbocycles. The fourth-order valence-electron chi connectivity index (χ4n) is 4.00. The molecule has 1 N–H and O–H groups in total. The van der Waals surface area contributed by atoms with Crippen molar-refractivity contribution in [3.05, 3.63) is 91.0 Å². The smallest absolute Gasteiger partial charge is 0.234 e. The molecule has 0 spiro atoms.